The number of hydrogen-bond donors (Lipinski definition) is 1. The topological polar surface area (TPSA) is 24.9 Å². The van der Waals surface area contributed by atoms with E-state index in [1.165, 1.54) is 6.42 Å². The van der Waals surface area contributed by atoms with Gasteiger partial charge in [0.2, 0.25) is 0 Å². The fourth-order valence-corrected chi connectivity index (χ4v) is 1.57. The van der Waals surface area contributed by atoms with Gasteiger partial charge in [0.05, 0.1) is 5.69 Å². The molecule has 15 heavy (non-hydrogen) atoms. The fraction of sp³-hybridized carbons (Fsp3) is 0.583. The van der Waals surface area contributed by atoms with Crippen LogP contribution in [0, 0.1) is 5.92 Å². The monoisotopic (exact) mass is 270 g/mol. The molecule has 0 amide bonds. The van der Waals surface area contributed by atoms with E-state index < -0.39 is 0 Å². The highest BCUT2D eigenvalue weighted by Crippen LogP contribution is 2.09. The van der Waals surface area contributed by atoms with Gasteiger partial charge < -0.3 is 5.32 Å². The molecular weight excluding hydrogens is 252 g/mol. The Labute approximate surface area is 101 Å². The van der Waals surface area contributed by atoms with Crippen molar-refractivity contribution in [3.8, 4) is 0 Å². The summed E-state index contributed by atoms with van der Waals surface area (Å²) >= 11 is 3.38. The minimum Gasteiger partial charge on any atom is -0.308 e. The van der Waals surface area contributed by atoms with Crippen molar-refractivity contribution in [2.45, 2.75) is 39.8 Å². The Balaban J connectivity index is 2.40. The summed E-state index contributed by atoms with van der Waals surface area (Å²) in [6.45, 7) is 7.57. The Bertz CT molecular complexity index is 284. The van der Waals surface area contributed by atoms with Crippen LogP contribution in [0.4, 0.5) is 0 Å². The summed E-state index contributed by atoms with van der Waals surface area (Å²) in [7, 11) is 0. The fourth-order valence-electron chi connectivity index (χ4n) is 1.33. The zero-order valence-corrected chi connectivity index (χ0v) is 11.2. The molecule has 0 radical (unpaired) electrons. The zero-order valence-electron chi connectivity index (χ0n) is 9.63. The van der Waals surface area contributed by atoms with E-state index in [-0.39, 0.29) is 0 Å². The van der Waals surface area contributed by atoms with Crippen LogP contribution in [-0.4, -0.2) is 11.0 Å². The molecule has 0 bridgehead atoms. The number of nitrogens with zero attached hydrogens (tertiary/aromatic N) is 1. The Morgan fingerprint density at radius 1 is 1.40 bits per heavy atom. The smallest absolute Gasteiger partial charge is 0.0542 e. The van der Waals surface area contributed by atoms with Gasteiger partial charge in [-0.1, -0.05) is 20.3 Å². The number of rotatable bonds is 5. The van der Waals surface area contributed by atoms with Gasteiger partial charge in [0, 0.05) is 23.3 Å². The van der Waals surface area contributed by atoms with Crippen molar-refractivity contribution in [3.05, 3.63) is 28.5 Å². The maximum absolute atomic E-state index is 4.33. The first-order chi connectivity index (χ1) is 7.13. The molecule has 1 rings (SSSR count). The Kier molecular flexibility index (Phi) is 5.26. The van der Waals surface area contributed by atoms with Gasteiger partial charge in [-0.15, -0.1) is 0 Å². The quantitative estimate of drug-likeness (QED) is 0.888. The molecule has 3 heteroatoms. The lowest BCUT2D eigenvalue weighted by Crippen LogP contribution is -2.31. The highest BCUT2D eigenvalue weighted by Gasteiger charge is 2.08. The molecule has 2 atom stereocenters. The van der Waals surface area contributed by atoms with Gasteiger partial charge in [-0.2, -0.15) is 0 Å². The van der Waals surface area contributed by atoms with Crippen molar-refractivity contribution in [3.63, 3.8) is 0 Å². The molecule has 0 fully saturated rings. The number of nitrogens with one attached hydrogen (secondary N) is 1. The summed E-state index contributed by atoms with van der Waals surface area (Å²) in [6, 6.07) is 4.61. The highest BCUT2D eigenvalue weighted by molar-refractivity contribution is 9.10. The maximum Gasteiger partial charge on any atom is 0.0542 e. The highest BCUT2D eigenvalue weighted by atomic mass is 79.9. The zero-order chi connectivity index (χ0) is 11.3. The Morgan fingerprint density at radius 2 is 2.13 bits per heavy atom. The van der Waals surface area contributed by atoms with E-state index in [1.54, 1.807) is 0 Å². The van der Waals surface area contributed by atoms with E-state index in [0.717, 1.165) is 16.7 Å². The number of hydrogen-bond acceptors (Lipinski definition) is 2. The van der Waals surface area contributed by atoms with Crippen LogP contribution in [0.2, 0.25) is 0 Å². The SMILES string of the molecule is CCC(C)C(C)NCc1ccc(Br)cn1. The maximum atomic E-state index is 4.33. The van der Waals surface area contributed by atoms with E-state index in [4.69, 9.17) is 0 Å². The second-order valence-corrected chi connectivity index (χ2v) is 4.94. The van der Waals surface area contributed by atoms with Crippen LogP contribution in [0.1, 0.15) is 32.9 Å². The number of halogens is 1. The molecule has 0 aliphatic carbocycles. The summed E-state index contributed by atoms with van der Waals surface area (Å²) in [5.74, 6) is 0.709. The summed E-state index contributed by atoms with van der Waals surface area (Å²) in [6.07, 6.45) is 3.05. The van der Waals surface area contributed by atoms with Crippen LogP contribution < -0.4 is 5.32 Å². The molecule has 0 aliphatic rings. The van der Waals surface area contributed by atoms with Gasteiger partial charge in [0.1, 0.15) is 0 Å². The summed E-state index contributed by atoms with van der Waals surface area (Å²) in [5, 5.41) is 3.49. The molecule has 1 aromatic heterocycles. The predicted octanol–water partition coefficient (Wildman–Crippen LogP) is 3.37. The number of pyridine rings is 1. The van der Waals surface area contributed by atoms with E-state index >= 15 is 0 Å². The molecule has 0 aromatic carbocycles. The second-order valence-electron chi connectivity index (χ2n) is 4.02. The lowest BCUT2D eigenvalue weighted by atomic mass is 10.0. The van der Waals surface area contributed by atoms with Crippen molar-refractivity contribution in [2.75, 3.05) is 0 Å². The lowest BCUT2D eigenvalue weighted by Gasteiger charge is -2.19. The Morgan fingerprint density at radius 3 is 2.67 bits per heavy atom. The largest absolute Gasteiger partial charge is 0.308 e. The van der Waals surface area contributed by atoms with Crippen LogP contribution in [0.25, 0.3) is 0 Å². The van der Waals surface area contributed by atoms with Crippen molar-refractivity contribution in [1.82, 2.24) is 10.3 Å². The molecule has 1 heterocycles. The summed E-state index contributed by atoms with van der Waals surface area (Å²) in [4.78, 5) is 4.33. The van der Waals surface area contributed by atoms with Crippen molar-refractivity contribution in [1.29, 1.82) is 0 Å². The predicted molar refractivity (Wildman–Crippen MR) is 67.7 cm³/mol. The minimum absolute atomic E-state index is 0.542. The van der Waals surface area contributed by atoms with Crippen molar-refractivity contribution < 1.29 is 0 Å². The van der Waals surface area contributed by atoms with Crippen LogP contribution in [0.5, 0.6) is 0 Å². The molecule has 0 saturated heterocycles. The minimum atomic E-state index is 0.542. The van der Waals surface area contributed by atoms with Gasteiger partial charge in [0.25, 0.3) is 0 Å². The number of aromatic nitrogens is 1. The van der Waals surface area contributed by atoms with Gasteiger partial charge in [-0.05, 0) is 40.9 Å². The summed E-state index contributed by atoms with van der Waals surface area (Å²) in [5.41, 5.74) is 1.09. The third kappa shape index (κ3) is 4.31. The van der Waals surface area contributed by atoms with Crippen LogP contribution in [0.3, 0.4) is 0 Å². The normalized spacial score (nSPS) is 14.9. The van der Waals surface area contributed by atoms with Crippen LogP contribution in [-0.2, 0) is 6.54 Å². The first-order valence-corrected chi connectivity index (χ1v) is 6.26. The summed E-state index contributed by atoms with van der Waals surface area (Å²) < 4.78 is 1.03. The third-order valence-electron chi connectivity index (χ3n) is 2.89. The van der Waals surface area contributed by atoms with E-state index in [0.29, 0.717) is 12.0 Å². The first kappa shape index (κ1) is 12.7. The van der Waals surface area contributed by atoms with Gasteiger partial charge in [-0.25, -0.2) is 0 Å². The molecule has 84 valence electrons. The molecule has 2 nitrogen and oxygen atoms in total. The van der Waals surface area contributed by atoms with Gasteiger partial charge in [0.15, 0.2) is 0 Å². The molecule has 1 aromatic rings. The second kappa shape index (κ2) is 6.23. The van der Waals surface area contributed by atoms with Crippen LogP contribution >= 0.6 is 15.9 Å². The van der Waals surface area contributed by atoms with E-state index in [2.05, 4.69) is 47.0 Å². The standard InChI is InChI=1S/C12H19BrN2/c1-4-9(2)10(3)14-8-12-6-5-11(13)7-15-12/h5-7,9-10,14H,4,8H2,1-3H3. The molecule has 2 unspecified atom stereocenters. The van der Waals surface area contributed by atoms with Crippen molar-refractivity contribution in [2.24, 2.45) is 5.92 Å². The average Bonchev–Trinajstić information content (AvgIpc) is 2.26. The molecule has 1 N–H and O–H groups in total. The van der Waals surface area contributed by atoms with Gasteiger partial charge >= 0.3 is 0 Å². The molecule has 0 aliphatic heterocycles. The lowest BCUT2D eigenvalue weighted by molar-refractivity contribution is 0.388. The van der Waals surface area contributed by atoms with Crippen LogP contribution in [0.15, 0.2) is 22.8 Å². The average molecular weight is 271 g/mol. The van der Waals surface area contributed by atoms with Crippen molar-refractivity contribution >= 4 is 15.9 Å². The van der Waals surface area contributed by atoms with E-state index in [1.807, 2.05) is 18.3 Å². The van der Waals surface area contributed by atoms with Gasteiger partial charge in [-0.3, -0.25) is 4.98 Å². The molecule has 0 spiro atoms. The molecule has 0 saturated carbocycles. The molecular formula is C12H19BrN2. The third-order valence-corrected chi connectivity index (χ3v) is 3.36. The van der Waals surface area contributed by atoms with E-state index in [9.17, 15) is 0 Å². The first-order valence-electron chi connectivity index (χ1n) is 5.47. The Hall–Kier alpha value is -0.410.